The number of nitrogens with two attached hydrogens (primary N) is 1. The Morgan fingerprint density at radius 3 is 2.06 bits per heavy atom. The Labute approximate surface area is 105 Å². The second-order valence-corrected chi connectivity index (χ2v) is 3.66. The Kier molecular flexibility index (Phi) is 4.22. The number of halogens is 1. The summed E-state index contributed by atoms with van der Waals surface area (Å²) in [5, 5.41) is 9.36. The van der Waals surface area contributed by atoms with Crippen LogP contribution in [0.1, 0.15) is 20.7 Å². The van der Waals surface area contributed by atoms with Crippen LogP contribution in [-0.4, -0.2) is 41.0 Å². The highest BCUT2D eigenvalue weighted by atomic mass is 35.5. The van der Waals surface area contributed by atoms with Gasteiger partial charge in [-0.15, -0.1) is 12.4 Å². The number of rotatable bonds is 3. The van der Waals surface area contributed by atoms with E-state index >= 15 is 0 Å². The standard InChI is InChI=1S/C11H12N2O3.ClH/c12-5-7(14)6-13-10(15)8-3-1-2-4-9(8)11(13)16;/h1-4,7,14H,5-6,12H2;1H. The molecule has 0 aliphatic carbocycles. The molecule has 0 fully saturated rings. The van der Waals surface area contributed by atoms with Crippen LogP contribution in [0, 0.1) is 0 Å². The topological polar surface area (TPSA) is 83.6 Å². The average molecular weight is 257 g/mol. The molecule has 3 N–H and O–H groups in total. The maximum absolute atomic E-state index is 11.8. The molecule has 0 aromatic heterocycles. The van der Waals surface area contributed by atoms with Gasteiger partial charge < -0.3 is 10.8 Å². The third-order valence-electron chi connectivity index (χ3n) is 2.54. The molecule has 0 saturated heterocycles. The number of fused-ring (bicyclic) bond motifs is 1. The number of carbonyl (C=O) groups excluding carboxylic acids is 2. The number of nitrogens with zero attached hydrogens (tertiary/aromatic N) is 1. The number of hydrogen-bond donors (Lipinski definition) is 2. The third-order valence-corrected chi connectivity index (χ3v) is 2.54. The molecule has 1 aliphatic rings. The SMILES string of the molecule is Cl.NCC(O)CN1C(=O)c2ccccc2C1=O. The zero-order valence-corrected chi connectivity index (χ0v) is 9.81. The molecule has 1 aromatic rings. The number of aliphatic hydroxyl groups is 1. The highest BCUT2D eigenvalue weighted by Gasteiger charge is 2.35. The van der Waals surface area contributed by atoms with Crippen molar-refractivity contribution >= 4 is 24.2 Å². The largest absolute Gasteiger partial charge is 0.390 e. The van der Waals surface area contributed by atoms with Gasteiger partial charge in [-0.05, 0) is 12.1 Å². The average Bonchev–Trinajstić information content (AvgIpc) is 2.55. The van der Waals surface area contributed by atoms with Gasteiger partial charge in [0.2, 0.25) is 0 Å². The van der Waals surface area contributed by atoms with Crippen molar-refractivity contribution in [1.82, 2.24) is 4.90 Å². The van der Waals surface area contributed by atoms with Crippen molar-refractivity contribution < 1.29 is 14.7 Å². The van der Waals surface area contributed by atoms with E-state index in [4.69, 9.17) is 5.73 Å². The molecule has 92 valence electrons. The molecule has 0 spiro atoms. The molecule has 0 radical (unpaired) electrons. The summed E-state index contributed by atoms with van der Waals surface area (Å²) in [6.45, 7) is -0.0315. The van der Waals surface area contributed by atoms with E-state index in [1.165, 1.54) is 0 Å². The molecule has 6 heteroatoms. The Morgan fingerprint density at radius 1 is 1.18 bits per heavy atom. The summed E-state index contributed by atoms with van der Waals surface area (Å²) in [5.41, 5.74) is 6.02. The van der Waals surface area contributed by atoms with Gasteiger partial charge in [0, 0.05) is 6.54 Å². The van der Waals surface area contributed by atoms with Crippen LogP contribution >= 0.6 is 12.4 Å². The van der Waals surface area contributed by atoms with Crippen LogP contribution in [0.25, 0.3) is 0 Å². The van der Waals surface area contributed by atoms with E-state index in [9.17, 15) is 14.7 Å². The fraction of sp³-hybridized carbons (Fsp3) is 0.273. The van der Waals surface area contributed by atoms with Crippen LogP contribution in [0.5, 0.6) is 0 Å². The van der Waals surface area contributed by atoms with E-state index in [0.717, 1.165) is 4.90 Å². The van der Waals surface area contributed by atoms with E-state index in [-0.39, 0.29) is 37.3 Å². The van der Waals surface area contributed by atoms with Crippen LogP contribution in [0.2, 0.25) is 0 Å². The van der Waals surface area contributed by atoms with E-state index in [1.807, 2.05) is 0 Å². The summed E-state index contributed by atoms with van der Waals surface area (Å²) in [5.74, 6) is -0.735. The second-order valence-electron chi connectivity index (χ2n) is 3.66. The maximum Gasteiger partial charge on any atom is 0.261 e. The first-order chi connectivity index (χ1) is 7.65. The molecule has 1 aliphatic heterocycles. The van der Waals surface area contributed by atoms with E-state index in [0.29, 0.717) is 11.1 Å². The van der Waals surface area contributed by atoms with Gasteiger partial charge in [-0.1, -0.05) is 12.1 Å². The smallest absolute Gasteiger partial charge is 0.261 e. The Bertz CT molecular complexity index is 415. The molecule has 0 bridgehead atoms. The van der Waals surface area contributed by atoms with E-state index < -0.39 is 6.10 Å². The van der Waals surface area contributed by atoms with Gasteiger partial charge in [0.05, 0.1) is 23.8 Å². The number of β-amino-alcohol motifs (C(OH)–C–C–N with tert-alkyl or cyclic N) is 1. The second kappa shape index (κ2) is 5.27. The molecule has 0 saturated carbocycles. The summed E-state index contributed by atoms with van der Waals surface area (Å²) >= 11 is 0. The summed E-state index contributed by atoms with van der Waals surface area (Å²) in [6.07, 6.45) is -0.873. The lowest BCUT2D eigenvalue weighted by Gasteiger charge is -2.16. The predicted molar refractivity (Wildman–Crippen MR) is 64.1 cm³/mol. The molecule has 17 heavy (non-hydrogen) atoms. The first-order valence-electron chi connectivity index (χ1n) is 4.98. The van der Waals surface area contributed by atoms with Crippen LogP contribution < -0.4 is 5.73 Å². The Morgan fingerprint density at radius 2 is 1.65 bits per heavy atom. The lowest BCUT2D eigenvalue weighted by Crippen LogP contribution is -2.39. The molecule has 1 heterocycles. The summed E-state index contributed by atoms with van der Waals surface area (Å²) in [6, 6.07) is 6.61. The highest BCUT2D eigenvalue weighted by molar-refractivity contribution is 6.21. The van der Waals surface area contributed by atoms with Crippen molar-refractivity contribution in [3.05, 3.63) is 35.4 Å². The van der Waals surface area contributed by atoms with Crippen LogP contribution in [-0.2, 0) is 0 Å². The highest BCUT2D eigenvalue weighted by Crippen LogP contribution is 2.22. The number of aliphatic hydroxyl groups excluding tert-OH is 1. The third kappa shape index (κ3) is 2.31. The van der Waals surface area contributed by atoms with E-state index in [2.05, 4.69) is 0 Å². The fourth-order valence-electron chi connectivity index (χ4n) is 1.69. The zero-order valence-electron chi connectivity index (χ0n) is 9.00. The number of carbonyl (C=O) groups is 2. The summed E-state index contributed by atoms with van der Waals surface area (Å²) in [7, 11) is 0. The van der Waals surface area contributed by atoms with Gasteiger partial charge in [-0.2, -0.15) is 0 Å². The van der Waals surface area contributed by atoms with Crippen LogP contribution in [0.4, 0.5) is 0 Å². The van der Waals surface area contributed by atoms with Gasteiger partial charge in [0.1, 0.15) is 0 Å². The lowest BCUT2D eigenvalue weighted by atomic mass is 10.1. The quantitative estimate of drug-likeness (QED) is 0.747. The normalized spacial score (nSPS) is 15.5. The minimum absolute atomic E-state index is 0. The van der Waals surface area contributed by atoms with Crippen molar-refractivity contribution in [1.29, 1.82) is 0 Å². The zero-order chi connectivity index (χ0) is 11.7. The molecule has 1 aromatic carbocycles. The van der Waals surface area contributed by atoms with Gasteiger partial charge in [0.25, 0.3) is 11.8 Å². The van der Waals surface area contributed by atoms with Gasteiger partial charge in [-0.25, -0.2) is 0 Å². The summed E-state index contributed by atoms with van der Waals surface area (Å²) < 4.78 is 0. The van der Waals surface area contributed by atoms with Crippen molar-refractivity contribution in [2.24, 2.45) is 5.73 Å². The molecule has 1 unspecified atom stereocenters. The molecule has 2 amide bonds. The number of amides is 2. The molecule has 5 nitrogen and oxygen atoms in total. The van der Waals surface area contributed by atoms with Crippen molar-refractivity contribution in [2.45, 2.75) is 6.10 Å². The predicted octanol–water partition coefficient (Wildman–Crippen LogP) is 0.0240. The van der Waals surface area contributed by atoms with Crippen LogP contribution in [0.3, 0.4) is 0 Å². The molecule has 2 rings (SSSR count). The maximum atomic E-state index is 11.8. The molecule has 1 atom stereocenters. The summed E-state index contributed by atoms with van der Waals surface area (Å²) in [4.78, 5) is 24.7. The Hall–Kier alpha value is -1.43. The number of imide groups is 1. The minimum Gasteiger partial charge on any atom is -0.390 e. The van der Waals surface area contributed by atoms with Gasteiger partial charge in [-0.3, -0.25) is 14.5 Å². The number of hydrogen-bond acceptors (Lipinski definition) is 4. The van der Waals surface area contributed by atoms with E-state index in [1.54, 1.807) is 24.3 Å². The first kappa shape index (κ1) is 13.6. The first-order valence-corrected chi connectivity index (χ1v) is 4.98. The van der Waals surface area contributed by atoms with Crippen molar-refractivity contribution in [3.63, 3.8) is 0 Å². The minimum atomic E-state index is -0.873. The fourth-order valence-corrected chi connectivity index (χ4v) is 1.69. The molecular weight excluding hydrogens is 244 g/mol. The monoisotopic (exact) mass is 256 g/mol. The molecular formula is C11H13ClN2O3. The van der Waals surface area contributed by atoms with Crippen LogP contribution in [0.15, 0.2) is 24.3 Å². The van der Waals surface area contributed by atoms with Gasteiger partial charge in [0.15, 0.2) is 0 Å². The lowest BCUT2D eigenvalue weighted by molar-refractivity contribution is 0.0554. The van der Waals surface area contributed by atoms with Crippen molar-refractivity contribution in [2.75, 3.05) is 13.1 Å². The Balaban J connectivity index is 0.00000144. The van der Waals surface area contributed by atoms with Gasteiger partial charge >= 0.3 is 0 Å². The van der Waals surface area contributed by atoms with Crippen molar-refractivity contribution in [3.8, 4) is 0 Å². The number of benzene rings is 1.